The van der Waals surface area contributed by atoms with Crippen molar-refractivity contribution >= 4 is 11.8 Å². The third-order valence-electron chi connectivity index (χ3n) is 3.07. The summed E-state index contributed by atoms with van der Waals surface area (Å²) in [6.07, 6.45) is 5.23. The van der Waals surface area contributed by atoms with Gasteiger partial charge in [0.25, 0.3) is 0 Å². The predicted octanol–water partition coefficient (Wildman–Crippen LogP) is 3.47. The molecule has 0 spiro atoms. The van der Waals surface area contributed by atoms with Gasteiger partial charge in [0, 0.05) is 12.6 Å². The van der Waals surface area contributed by atoms with Crippen molar-refractivity contribution in [1.82, 2.24) is 0 Å². The molecule has 15 heavy (non-hydrogen) atoms. The van der Waals surface area contributed by atoms with E-state index in [0.29, 0.717) is 0 Å². The maximum atomic E-state index is 4.22. The fourth-order valence-electron chi connectivity index (χ4n) is 2.01. The molecule has 0 aliphatic carbocycles. The number of aryl methyl sites for hydroxylation is 3. The monoisotopic (exact) mass is 199 g/mol. The van der Waals surface area contributed by atoms with Crippen LogP contribution in [-0.2, 0) is 0 Å². The van der Waals surface area contributed by atoms with Gasteiger partial charge in [0.1, 0.15) is 0 Å². The predicted molar refractivity (Wildman–Crippen MR) is 66.6 cm³/mol. The zero-order chi connectivity index (χ0) is 10.8. The topological polar surface area (TPSA) is 12.4 Å². The average molecular weight is 199 g/mol. The number of benzene rings is 1. The molecule has 78 valence electrons. The fraction of sp³-hybridized carbons (Fsp3) is 0.357. The summed E-state index contributed by atoms with van der Waals surface area (Å²) in [5, 5.41) is 0. The van der Waals surface area contributed by atoms with Gasteiger partial charge in [0.05, 0.1) is 6.54 Å². The van der Waals surface area contributed by atoms with Crippen LogP contribution in [0.5, 0.6) is 0 Å². The Morgan fingerprint density at radius 2 is 1.73 bits per heavy atom. The average Bonchev–Trinajstić information content (AvgIpc) is 2.25. The van der Waals surface area contributed by atoms with Crippen molar-refractivity contribution < 1.29 is 0 Å². The van der Waals surface area contributed by atoms with Crippen LogP contribution in [0.15, 0.2) is 23.2 Å². The van der Waals surface area contributed by atoms with Gasteiger partial charge < -0.3 is 0 Å². The molecule has 1 aromatic rings. The lowest BCUT2D eigenvalue weighted by molar-refractivity contribution is 1.19. The molecule has 0 saturated carbocycles. The molecular formula is C14H17N. The summed E-state index contributed by atoms with van der Waals surface area (Å²) in [4.78, 5) is 4.22. The van der Waals surface area contributed by atoms with Crippen LogP contribution < -0.4 is 0 Å². The van der Waals surface area contributed by atoms with Gasteiger partial charge in [-0.2, -0.15) is 0 Å². The van der Waals surface area contributed by atoms with Crippen LogP contribution in [0.25, 0.3) is 5.57 Å². The maximum absolute atomic E-state index is 4.22. The third-order valence-corrected chi connectivity index (χ3v) is 3.07. The summed E-state index contributed by atoms with van der Waals surface area (Å²) in [7, 11) is 0. The van der Waals surface area contributed by atoms with E-state index in [1.165, 1.54) is 27.8 Å². The van der Waals surface area contributed by atoms with Crippen LogP contribution in [0.4, 0.5) is 0 Å². The normalized spacial score (nSPS) is 15.3. The lowest BCUT2D eigenvalue weighted by Crippen LogP contribution is -1.97. The Balaban J connectivity index is 2.44. The zero-order valence-corrected chi connectivity index (χ0v) is 9.67. The summed E-state index contributed by atoms with van der Waals surface area (Å²) in [6, 6.07) is 4.58. The van der Waals surface area contributed by atoms with E-state index < -0.39 is 0 Å². The van der Waals surface area contributed by atoms with E-state index in [-0.39, 0.29) is 0 Å². The number of rotatable bonds is 1. The van der Waals surface area contributed by atoms with Gasteiger partial charge in [-0.05, 0) is 48.6 Å². The van der Waals surface area contributed by atoms with E-state index in [4.69, 9.17) is 0 Å². The number of hydrogen-bond donors (Lipinski definition) is 0. The van der Waals surface area contributed by atoms with Crippen molar-refractivity contribution in [3.63, 3.8) is 0 Å². The number of hydrogen-bond acceptors (Lipinski definition) is 1. The lowest BCUT2D eigenvalue weighted by atomic mass is 9.93. The molecule has 0 saturated heterocycles. The first-order valence-electron chi connectivity index (χ1n) is 5.44. The molecule has 0 radical (unpaired) electrons. The van der Waals surface area contributed by atoms with Crippen molar-refractivity contribution in [1.29, 1.82) is 0 Å². The number of aliphatic imine (C=N–C) groups is 1. The lowest BCUT2D eigenvalue weighted by Gasteiger charge is -2.14. The second-order valence-electron chi connectivity index (χ2n) is 4.23. The first kappa shape index (κ1) is 10.2. The van der Waals surface area contributed by atoms with E-state index >= 15 is 0 Å². The molecule has 0 fully saturated rings. The van der Waals surface area contributed by atoms with Gasteiger partial charge in [-0.3, -0.25) is 4.99 Å². The molecule has 0 aromatic heterocycles. The summed E-state index contributed by atoms with van der Waals surface area (Å²) in [5.41, 5.74) is 6.94. The van der Waals surface area contributed by atoms with E-state index in [0.717, 1.165) is 13.0 Å². The Morgan fingerprint density at radius 3 is 2.40 bits per heavy atom. The molecule has 1 heterocycles. The van der Waals surface area contributed by atoms with E-state index in [2.05, 4.69) is 44.0 Å². The largest absolute Gasteiger partial charge is 0.293 e. The van der Waals surface area contributed by atoms with Crippen molar-refractivity contribution in [2.45, 2.75) is 27.2 Å². The highest BCUT2D eigenvalue weighted by molar-refractivity contribution is 5.82. The molecule has 1 nitrogen and oxygen atoms in total. The summed E-state index contributed by atoms with van der Waals surface area (Å²) >= 11 is 0. The smallest absolute Gasteiger partial charge is 0.0572 e. The Bertz CT molecular complexity index is 439. The minimum absolute atomic E-state index is 0.835. The van der Waals surface area contributed by atoms with E-state index in [1.54, 1.807) is 0 Å². The molecular weight excluding hydrogens is 182 g/mol. The number of dihydropyridines is 1. The highest BCUT2D eigenvalue weighted by Gasteiger charge is 2.07. The van der Waals surface area contributed by atoms with Crippen molar-refractivity contribution in [2.75, 3.05) is 6.54 Å². The summed E-state index contributed by atoms with van der Waals surface area (Å²) < 4.78 is 0. The molecule has 2 rings (SSSR count). The van der Waals surface area contributed by atoms with Gasteiger partial charge in [0.2, 0.25) is 0 Å². The molecule has 1 heteroatoms. The Morgan fingerprint density at radius 1 is 1.00 bits per heavy atom. The second-order valence-corrected chi connectivity index (χ2v) is 4.23. The van der Waals surface area contributed by atoms with Crippen LogP contribution in [-0.4, -0.2) is 12.8 Å². The first-order valence-corrected chi connectivity index (χ1v) is 5.44. The first-order chi connectivity index (χ1) is 7.18. The standard InChI is InChI=1S/C14H17N/c1-10-8-12(3)14(9-11(10)2)13-4-6-15-7-5-13/h4,7-9H,5-6H2,1-3H3. The maximum Gasteiger partial charge on any atom is 0.0572 e. The van der Waals surface area contributed by atoms with Gasteiger partial charge in [-0.15, -0.1) is 0 Å². The summed E-state index contributed by atoms with van der Waals surface area (Å²) in [6.45, 7) is 7.37. The molecule has 1 aromatic carbocycles. The van der Waals surface area contributed by atoms with Crippen molar-refractivity contribution in [2.24, 2.45) is 4.99 Å². The van der Waals surface area contributed by atoms with Crippen molar-refractivity contribution in [3.05, 3.63) is 40.5 Å². The highest BCUT2D eigenvalue weighted by atomic mass is 14.7. The zero-order valence-electron chi connectivity index (χ0n) is 9.67. The summed E-state index contributed by atoms with van der Waals surface area (Å²) in [5.74, 6) is 0. The molecule has 1 aliphatic rings. The Kier molecular flexibility index (Phi) is 2.72. The molecule has 1 aliphatic heterocycles. The van der Waals surface area contributed by atoms with Crippen LogP contribution in [0.2, 0.25) is 0 Å². The Labute approximate surface area is 91.6 Å². The molecule has 0 bridgehead atoms. The van der Waals surface area contributed by atoms with Crippen LogP contribution >= 0.6 is 0 Å². The van der Waals surface area contributed by atoms with Gasteiger partial charge in [0.15, 0.2) is 0 Å². The van der Waals surface area contributed by atoms with Gasteiger partial charge >= 0.3 is 0 Å². The molecule has 0 atom stereocenters. The third kappa shape index (κ3) is 2.01. The van der Waals surface area contributed by atoms with E-state index in [9.17, 15) is 0 Å². The van der Waals surface area contributed by atoms with Crippen LogP contribution in [0, 0.1) is 20.8 Å². The van der Waals surface area contributed by atoms with E-state index in [1.807, 2.05) is 6.21 Å². The van der Waals surface area contributed by atoms with Crippen molar-refractivity contribution in [3.8, 4) is 0 Å². The van der Waals surface area contributed by atoms with Gasteiger partial charge in [-0.1, -0.05) is 18.2 Å². The van der Waals surface area contributed by atoms with Crippen LogP contribution in [0.3, 0.4) is 0 Å². The quantitative estimate of drug-likeness (QED) is 0.656. The minimum atomic E-state index is 0.835. The second kappa shape index (κ2) is 4.01. The molecule has 0 amide bonds. The van der Waals surface area contributed by atoms with Gasteiger partial charge in [-0.25, -0.2) is 0 Å². The number of nitrogens with zero attached hydrogens (tertiary/aromatic N) is 1. The number of allylic oxidation sites excluding steroid dienone is 1. The molecule has 0 unspecified atom stereocenters. The fourth-order valence-corrected chi connectivity index (χ4v) is 2.01. The highest BCUT2D eigenvalue weighted by Crippen LogP contribution is 2.25. The SMILES string of the molecule is Cc1cc(C)c(C2=CCN=CC2)cc1C. The minimum Gasteiger partial charge on any atom is -0.293 e. The molecule has 0 N–H and O–H groups in total. The van der Waals surface area contributed by atoms with Crippen LogP contribution in [0.1, 0.15) is 28.7 Å². The Hall–Kier alpha value is -1.37.